The molecule has 2 aromatic rings. The number of anilines is 1. The van der Waals surface area contributed by atoms with E-state index in [9.17, 15) is 4.79 Å². The molecule has 1 amide bonds. The van der Waals surface area contributed by atoms with Gasteiger partial charge in [0.25, 0.3) is 0 Å². The molecule has 0 saturated carbocycles. The minimum Gasteiger partial charge on any atom is -0.466 e. The Labute approximate surface area is 114 Å². The molecule has 4 rings (SSSR count). The van der Waals surface area contributed by atoms with Crippen molar-refractivity contribution in [3.63, 3.8) is 0 Å². The van der Waals surface area contributed by atoms with Gasteiger partial charge in [0.2, 0.25) is 5.91 Å². The molecule has 0 radical (unpaired) electrons. The molecule has 2 aromatic heterocycles. The molecule has 6 heteroatoms. The summed E-state index contributed by atoms with van der Waals surface area (Å²) in [7, 11) is 0. The third-order valence-corrected chi connectivity index (χ3v) is 4.57. The predicted octanol–water partition coefficient (Wildman–Crippen LogP) is 2.25. The number of nitrogens with zero attached hydrogens (tertiary/aromatic N) is 3. The number of carbonyl (C=O) groups is 1. The van der Waals surface area contributed by atoms with Crippen molar-refractivity contribution in [2.24, 2.45) is 0 Å². The lowest BCUT2D eigenvalue weighted by Crippen LogP contribution is -2.31. The van der Waals surface area contributed by atoms with Crippen LogP contribution < -0.4 is 4.90 Å². The van der Waals surface area contributed by atoms with Crippen LogP contribution >= 0.6 is 11.3 Å². The molecule has 98 valence electrons. The Bertz CT molecular complexity index is 581. The Hall–Kier alpha value is -1.66. The number of furan rings is 1. The van der Waals surface area contributed by atoms with Crippen LogP contribution in [0, 0.1) is 0 Å². The standard InChI is InChI=1S/C13H13N3O2S/c17-12-9-3-1-6-15(9)11(10-4-2-7-18-10)16(12)13-14-5-8-19-13/h2,4-5,7-9,11H,1,3,6H2/t9-,11+/m0/s1. The van der Waals surface area contributed by atoms with Gasteiger partial charge >= 0.3 is 0 Å². The van der Waals surface area contributed by atoms with E-state index in [1.165, 1.54) is 11.3 Å². The average Bonchev–Trinajstić information content (AvgIpc) is 3.15. The Kier molecular flexibility index (Phi) is 2.46. The number of hydrogen-bond acceptors (Lipinski definition) is 5. The van der Waals surface area contributed by atoms with E-state index in [0.29, 0.717) is 0 Å². The minimum atomic E-state index is -0.138. The van der Waals surface area contributed by atoms with E-state index in [1.54, 1.807) is 17.4 Å². The normalized spacial score (nSPS) is 27.2. The Balaban J connectivity index is 1.81. The highest BCUT2D eigenvalue weighted by atomic mass is 32.1. The van der Waals surface area contributed by atoms with Gasteiger partial charge < -0.3 is 4.42 Å². The molecule has 0 bridgehead atoms. The monoisotopic (exact) mass is 275 g/mol. The predicted molar refractivity (Wildman–Crippen MR) is 70.8 cm³/mol. The molecule has 0 aliphatic carbocycles. The van der Waals surface area contributed by atoms with Crippen LogP contribution in [-0.4, -0.2) is 28.4 Å². The van der Waals surface area contributed by atoms with Gasteiger partial charge in [-0.1, -0.05) is 0 Å². The molecule has 2 aliphatic heterocycles. The fourth-order valence-corrected chi connectivity index (χ4v) is 3.71. The van der Waals surface area contributed by atoms with Crippen LogP contribution in [0.25, 0.3) is 0 Å². The number of carbonyl (C=O) groups excluding carboxylic acids is 1. The van der Waals surface area contributed by atoms with Gasteiger partial charge in [0.05, 0.1) is 12.3 Å². The molecule has 2 fully saturated rings. The maximum Gasteiger partial charge on any atom is 0.247 e. The summed E-state index contributed by atoms with van der Waals surface area (Å²) in [5, 5.41) is 2.64. The lowest BCUT2D eigenvalue weighted by molar-refractivity contribution is -0.119. The van der Waals surface area contributed by atoms with Crippen molar-refractivity contribution in [1.82, 2.24) is 9.88 Å². The van der Waals surface area contributed by atoms with Gasteiger partial charge in [0.1, 0.15) is 5.76 Å². The van der Waals surface area contributed by atoms with Crippen LogP contribution in [0.5, 0.6) is 0 Å². The van der Waals surface area contributed by atoms with Crippen LogP contribution in [0.2, 0.25) is 0 Å². The molecule has 4 heterocycles. The van der Waals surface area contributed by atoms with Gasteiger partial charge in [-0.25, -0.2) is 4.98 Å². The summed E-state index contributed by atoms with van der Waals surface area (Å²) in [5.41, 5.74) is 0. The van der Waals surface area contributed by atoms with E-state index < -0.39 is 0 Å². The molecule has 2 atom stereocenters. The fourth-order valence-electron chi connectivity index (χ4n) is 3.04. The molecular formula is C13H13N3O2S. The van der Waals surface area contributed by atoms with Gasteiger partial charge in [0.15, 0.2) is 11.3 Å². The molecule has 2 saturated heterocycles. The Morgan fingerprint density at radius 2 is 2.42 bits per heavy atom. The molecule has 0 aromatic carbocycles. The summed E-state index contributed by atoms with van der Waals surface area (Å²) in [4.78, 5) is 20.9. The fraction of sp³-hybridized carbons (Fsp3) is 0.385. The SMILES string of the molecule is O=C1[C@@H]2CCCN2[C@@H](c2ccco2)N1c1nccs1. The Morgan fingerprint density at radius 1 is 1.47 bits per heavy atom. The van der Waals surface area contributed by atoms with Crippen molar-refractivity contribution in [3.8, 4) is 0 Å². The summed E-state index contributed by atoms with van der Waals surface area (Å²) in [6.07, 6.45) is 5.25. The van der Waals surface area contributed by atoms with Crippen molar-refractivity contribution in [2.75, 3.05) is 11.4 Å². The largest absolute Gasteiger partial charge is 0.466 e. The first-order chi connectivity index (χ1) is 9.36. The van der Waals surface area contributed by atoms with Gasteiger partial charge in [0, 0.05) is 18.1 Å². The molecular weight excluding hydrogens is 262 g/mol. The minimum absolute atomic E-state index is 0.0148. The lowest BCUT2D eigenvalue weighted by Gasteiger charge is -2.25. The quantitative estimate of drug-likeness (QED) is 0.843. The number of fused-ring (bicyclic) bond motifs is 1. The number of rotatable bonds is 2. The zero-order valence-electron chi connectivity index (χ0n) is 10.2. The second-order valence-electron chi connectivity index (χ2n) is 4.81. The van der Waals surface area contributed by atoms with Gasteiger partial charge in [-0.05, 0) is 25.0 Å². The van der Waals surface area contributed by atoms with Crippen LogP contribution in [0.15, 0.2) is 34.4 Å². The van der Waals surface area contributed by atoms with Crippen molar-refractivity contribution in [1.29, 1.82) is 0 Å². The van der Waals surface area contributed by atoms with E-state index in [1.807, 2.05) is 17.5 Å². The van der Waals surface area contributed by atoms with E-state index in [4.69, 9.17) is 4.42 Å². The second-order valence-corrected chi connectivity index (χ2v) is 5.68. The summed E-state index contributed by atoms with van der Waals surface area (Å²) in [5.74, 6) is 0.960. The van der Waals surface area contributed by atoms with Crippen LogP contribution in [0.3, 0.4) is 0 Å². The highest BCUT2D eigenvalue weighted by molar-refractivity contribution is 7.13. The summed E-state index contributed by atoms with van der Waals surface area (Å²) < 4.78 is 5.54. The zero-order valence-corrected chi connectivity index (χ0v) is 11.0. The van der Waals surface area contributed by atoms with Gasteiger partial charge in [-0.15, -0.1) is 11.3 Å². The average molecular weight is 275 g/mol. The smallest absolute Gasteiger partial charge is 0.247 e. The van der Waals surface area contributed by atoms with Crippen molar-refractivity contribution in [2.45, 2.75) is 25.0 Å². The first-order valence-corrected chi connectivity index (χ1v) is 7.26. The highest BCUT2D eigenvalue weighted by Gasteiger charge is 2.51. The summed E-state index contributed by atoms with van der Waals surface area (Å²) in [6, 6.07) is 3.78. The third-order valence-electron chi connectivity index (χ3n) is 3.80. The third kappa shape index (κ3) is 1.56. The molecule has 2 aliphatic rings. The van der Waals surface area contributed by atoms with Crippen molar-refractivity contribution >= 4 is 22.4 Å². The molecule has 5 nitrogen and oxygen atoms in total. The molecule has 0 spiro atoms. The van der Waals surface area contributed by atoms with Crippen LogP contribution in [0.1, 0.15) is 24.8 Å². The lowest BCUT2D eigenvalue weighted by atomic mass is 10.2. The topological polar surface area (TPSA) is 49.6 Å². The van der Waals surface area contributed by atoms with E-state index in [2.05, 4.69) is 9.88 Å². The molecule has 0 N–H and O–H groups in total. The first-order valence-electron chi connectivity index (χ1n) is 6.38. The van der Waals surface area contributed by atoms with E-state index >= 15 is 0 Å². The van der Waals surface area contributed by atoms with Crippen molar-refractivity contribution in [3.05, 3.63) is 35.7 Å². The van der Waals surface area contributed by atoms with Crippen molar-refractivity contribution < 1.29 is 9.21 Å². The maximum atomic E-state index is 12.6. The number of aromatic nitrogens is 1. The van der Waals surface area contributed by atoms with Crippen LogP contribution in [0.4, 0.5) is 5.13 Å². The highest BCUT2D eigenvalue weighted by Crippen LogP contribution is 2.42. The molecule has 0 unspecified atom stereocenters. The molecule has 19 heavy (non-hydrogen) atoms. The number of amides is 1. The summed E-state index contributed by atoms with van der Waals surface area (Å²) >= 11 is 1.49. The van der Waals surface area contributed by atoms with E-state index in [-0.39, 0.29) is 18.1 Å². The van der Waals surface area contributed by atoms with Gasteiger partial charge in [-0.3, -0.25) is 14.6 Å². The van der Waals surface area contributed by atoms with E-state index in [0.717, 1.165) is 30.3 Å². The number of thiazole rings is 1. The maximum absolute atomic E-state index is 12.6. The zero-order chi connectivity index (χ0) is 12.8. The van der Waals surface area contributed by atoms with Gasteiger partial charge in [-0.2, -0.15) is 0 Å². The van der Waals surface area contributed by atoms with Crippen LogP contribution in [-0.2, 0) is 4.79 Å². The Morgan fingerprint density at radius 3 is 3.16 bits per heavy atom. The number of hydrogen-bond donors (Lipinski definition) is 0. The second kappa shape index (κ2) is 4.18. The first kappa shape index (κ1) is 11.2. The summed E-state index contributed by atoms with van der Waals surface area (Å²) in [6.45, 7) is 0.934.